The highest BCUT2D eigenvalue weighted by molar-refractivity contribution is 5.73. The number of rotatable bonds is 7. The molecule has 0 bridgehead atoms. The van der Waals surface area contributed by atoms with Gasteiger partial charge >= 0.3 is 6.03 Å². The van der Waals surface area contributed by atoms with Crippen molar-refractivity contribution in [1.29, 1.82) is 0 Å². The molecule has 0 aromatic heterocycles. The fourth-order valence-corrected chi connectivity index (χ4v) is 1.96. The first-order valence-electron chi connectivity index (χ1n) is 6.41. The van der Waals surface area contributed by atoms with Crippen LogP contribution in [0.15, 0.2) is 0 Å². The van der Waals surface area contributed by atoms with Gasteiger partial charge < -0.3 is 20.1 Å². The predicted octanol–water partition coefficient (Wildman–Crippen LogP) is 1.14. The Morgan fingerprint density at radius 3 is 2.71 bits per heavy atom. The van der Waals surface area contributed by atoms with Gasteiger partial charge in [-0.05, 0) is 31.6 Å². The van der Waals surface area contributed by atoms with E-state index in [1.807, 2.05) is 0 Å². The SMILES string of the molecule is COCCNC(=O)NCCCC1CCOCC1. The zero-order valence-corrected chi connectivity index (χ0v) is 10.7. The van der Waals surface area contributed by atoms with Crippen LogP contribution in [-0.4, -0.2) is 46.1 Å². The summed E-state index contributed by atoms with van der Waals surface area (Å²) in [5.41, 5.74) is 0. The first-order valence-corrected chi connectivity index (χ1v) is 6.41. The summed E-state index contributed by atoms with van der Waals surface area (Å²) < 4.78 is 10.2. The zero-order valence-electron chi connectivity index (χ0n) is 10.7. The first kappa shape index (κ1) is 14.3. The van der Waals surface area contributed by atoms with Crippen molar-refractivity contribution in [3.05, 3.63) is 0 Å². The number of ether oxygens (including phenoxy) is 2. The van der Waals surface area contributed by atoms with E-state index in [0.29, 0.717) is 13.2 Å². The summed E-state index contributed by atoms with van der Waals surface area (Å²) in [5, 5.41) is 5.57. The number of carbonyl (C=O) groups excluding carboxylic acids is 1. The van der Waals surface area contributed by atoms with E-state index in [-0.39, 0.29) is 6.03 Å². The van der Waals surface area contributed by atoms with Crippen molar-refractivity contribution in [2.45, 2.75) is 25.7 Å². The highest BCUT2D eigenvalue weighted by Crippen LogP contribution is 2.19. The number of nitrogens with one attached hydrogen (secondary N) is 2. The minimum absolute atomic E-state index is 0.103. The van der Waals surface area contributed by atoms with Crippen molar-refractivity contribution < 1.29 is 14.3 Å². The average Bonchev–Trinajstić information content (AvgIpc) is 2.36. The van der Waals surface area contributed by atoms with Crippen LogP contribution >= 0.6 is 0 Å². The summed E-state index contributed by atoms with van der Waals surface area (Å²) >= 11 is 0. The van der Waals surface area contributed by atoms with Gasteiger partial charge in [0.2, 0.25) is 0 Å². The number of hydrogen-bond donors (Lipinski definition) is 2. The molecule has 100 valence electrons. The number of hydrogen-bond acceptors (Lipinski definition) is 3. The molecule has 17 heavy (non-hydrogen) atoms. The van der Waals surface area contributed by atoms with Crippen molar-refractivity contribution >= 4 is 6.03 Å². The van der Waals surface area contributed by atoms with Crippen LogP contribution in [0.1, 0.15) is 25.7 Å². The lowest BCUT2D eigenvalue weighted by Gasteiger charge is -2.21. The topological polar surface area (TPSA) is 59.6 Å². The van der Waals surface area contributed by atoms with Gasteiger partial charge in [0, 0.05) is 33.4 Å². The molecular weight excluding hydrogens is 220 g/mol. The maximum Gasteiger partial charge on any atom is 0.314 e. The molecule has 5 nitrogen and oxygen atoms in total. The third kappa shape index (κ3) is 7.18. The summed E-state index contributed by atoms with van der Waals surface area (Å²) in [6, 6.07) is -0.103. The molecule has 1 aliphatic heterocycles. The molecule has 1 fully saturated rings. The molecule has 0 aromatic carbocycles. The van der Waals surface area contributed by atoms with Crippen LogP contribution in [0.5, 0.6) is 0 Å². The Kier molecular flexibility index (Phi) is 7.75. The normalized spacial score (nSPS) is 16.8. The molecule has 0 aromatic rings. The minimum Gasteiger partial charge on any atom is -0.383 e. The maximum atomic E-state index is 11.3. The van der Waals surface area contributed by atoms with E-state index in [0.717, 1.165) is 32.1 Å². The van der Waals surface area contributed by atoms with Crippen LogP contribution in [0.4, 0.5) is 4.79 Å². The third-order valence-corrected chi connectivity index (χ3v) is 3.01. The lowest BCUT2D eigenvalue weighted by Crippen LogP contribution is -2.37. The molecule has 0 atom stereocenters. The molecule has 2 amide bonds. The van der Waals surface area contributed by atoms with E-state index < -0.39 is 0 Å². The molecule has 1 heterocycles. The minimum atomic E-state index is -0.103. The molecule has 0 unspecified atom stereocenters. The van der Waals surface area contributed by atoms with Crippen LogP contribution in [0.3, 0.4) is 0 Å². The van der Waals surface area contributed by atoms with Gasteiger partial charge in [0.1, 0.15) is 0 Å². The fourth-order valence-electron chi connectivity index (χ4n) is 1.96. The standard InChI is InChI=1S/C12H24N2O3/c1-16-10-7-14-12(15)13-6-2-3-11-4-8-17-9-5-11/h11H,2-10H2,1H3,(H2,13,14,15). The van der Waals surface area contributed by atoms with Crippen molar-refractivity contribution in [3.8, 4) is 0 Å². The van der Waals surface area contributed by atoms with Gasteiger partial charge in [0.15, 0.2) is 0 Å². The van der Waals surface area contributed by atoms with Crippen LogP contribution in [0.2, 0.25) is 0 Å². The van der Waals surface area contributed by atoms with Crippen LogP contribution in [0, 0.1) is 5.92 Å². The summed E-state index contributed by atoms with van der Waals surface area (Å²) in [6.07, 6.45) is 4.56. The zero-order chi connectivity index (χ0) is 12.3. The van der Waals surface area contributed by atoms with Crippen molar-refractivity contribution in [3.63, 3.8) is 0 Å². The molecule has 0 radical (unpaired) electrons. The summed E-state index contributed by atoms with van der Waals surface area (Å²) in [5.74, 6) is 0.780. The lowest BCUT2D eigenvalue weighted by molar-refractivity contribution is 0.0634. The second-order valence-electron chi connectivity index (χ2n) is 4.37. The second-order valence-corrected chi connectivity index (χ2v) is 4.37. The van der Waals surface area contributed by atoms with Gasteiger partial charge in [-0.25, -0.2) is 4.79 Å². The van der Waals surface area contributed by atoms with E-state index in [4.69, 9.17) is 9.47 Å². The molecule has 0 aliphatic carbocycles. The fraction of sp³-hybridized carbons (Fsp3) is 0.917. The average molecular weight is 244 g/mol. The Labute approximate surface area is 103 Å². The van der Waals surface area contributed by atoms with E-state index in [2.05, 4.69) is 10.6 Å². The highest BCUT2D eigenvalue weighted by Gasteiger charge is 2.12. The molecule has 2 N–H and O–H groups in total. The molecule has 0 spiro atoms. The van der Waals surface area contributed by atoms with Crippen molar-refractivity contribution in [2.75, 3.05) is 40.0 Å². The quantitative estimate of drug-likeness (QED) is 0.660. The largest absolute Gasteiger partial charge is 0.383 e. The summed E-state index contributed by atoms with van der Waals surface area (Å²) in [6.45, 7) is 3.65. The molecule has 1 aliphatic rings. The molecule has 0 saturated carbocycles. The molecular formula is C12H24N2O3. The predicted molar refractivity (Wildman–Crippen MR) is 66.1 cm³/mol. The Hall–Kier alpha value is -0.810. The molecule has 1 saturated heterocycles. The van der Waals surface area contributed by atoms with Gasteiger partial charge in [-0.2, -0.15) is 0 Å². The van der Waals surface area contributed by atoms with Crippen molar-refractivity contribution in [2.24, 2.45) is 5.92 Å². The highest BCUT2D eigenvalue weighted by atomic mass is 16.5. The van der Waals surface area contributed by atoms with Gasteiger partial charge in [0.05, 0.1) is 6.61 Å². The van der Waals surface area contributed by atoms with Crippen molar-refractivity contribution in [1.82, 2.24) is 10.6 Å². The van der Waals surface area contributed by atoms with Gasteiger partial charge in [0.25, 0.3) is 0 Å². The third-order valence-electron chi connectivity index (χ3n) is 3.01. The molecule has 1 rings (SSSR count). The Morgan fingerprint density at radius 2 is 2.00 bits per heavy atom. The van der Waals surface area contributed by atoms with E-state index >= 15 is 0 Å². The van der Waals surface area contributed by atoms with E-state index in [1.165, 1.54) is 19.3 Å². The summed E-state index contributed by atoms with van der Waals surface area (Å²) in [4.78, 5) is 11.3. The lowest BCUT2D eigenvalue weighted by atomic mass is 9.95. The van der Waals surface area contributed by atoms with Crippen LogP contribution in [-0.2, 0) is 9.47 Å². The molecule has 5 heteroatoms. The monoisotopic (exact) mass is 244 g/mol. The number of urea groups is 1. The van der Waals surface area contributed by atoms with E-state index in [9.17, 15) is 4.79 Å². The van der Waals surface area contributed by atoms with E-state index in [1.54, 1.807) is 7.11 Å². The van der Waals surface area contributed by atoms with Crippen LogP contribution < -0.4 is 10.6 Å². The van der Waals surface area contributed by atoms with Gasteiger partial charge in [-0.1, -0.05) is 0 Å². The second kappa shape index (κ2) is 9.24. The number of methoxy groups -OCH3 is 1. The van der Waals surface area contributed by atoms with Gasteiger partial charge in [-0.3, -0.25) is 0 Å². The Morgan fingerprint density at radius 1 is 1.29 bits per heavy atom. The number of carbonyl (C=O) groups is 1. The summed E-state index contributed by atoms with van der Waals surface area (Å²) in [7, 11) is 1.62. The first-order chi connectivity index (χ1) is 8.33. The maximum absolute atomic E-state index is 11.3. The van der Waals surface area contributed by atoms with Gasteiger partial charge in [-0.15, -0.1) is 0 Å². The van der Waals surface area contributed by atoms with Crippen LogP contribution in [0.25, 0.3) is 0 Å². The number of amides is 2. The Balaban J connectivity index is 1.90. The smallest absolute Gasteiger partial charge is 0.314 e. The Bertz CT molecular complexity index is 206.